The largest absolute Gasteiger partial charge is 0.494 e. The van der Waals surface area contributed by atoms with Gasteiger partial charge >= 0.3 is 0 Å². The zero-order chi connectivity index (χ0) is 15.3. The summed E-state index contributed by atoms with van der Waals surface area (Å²) in [6, 6.07) is 4.34. The molecule has 5 nitrogen and oxygen atoms in total. The fourth-order valence-electron chi connectivity index (χ4n) is 1.95. The molecule has 0 saturated heterocycles. The lowest BCUT2D eigenvalue weighted by molar-refractivity contribution is 0.0325. The van der Waals surface area contributed by atoms with E-state index in [4.69, 9.17) is 4.74 Å². The van der Waals surface area contributed by atoms with Crippen molar-refractivity contribution in [3.8, 4) is 5.75 Å². The third-order valence-electron chi connectivity index (χ3n) is 2.71. The first-order valence-electron chi connectivity index (χ1n) is 6.24. The number of carbonyl (C=O) groups is 1. The molecule has 0 aliphatic heterocycles. The third-order valence-corrected chi connectivity index (χ3v) is 2.71. The molecule has 2 N–H and O–H groups in total. The van der Waals surface area contributed by atoms with Crippen LogP contribution in [0.5, 0.6) is 5.75 Å². The smallest absolute Gasteiger partial charge is 0.254 e. The highest BCUT2D eigenvalue weighted by atomic mass is 19.1. The van der Waals surface area contributed by atoms with Crippen molar-refractivity contribution in [1.82, 2.24) is 10.2 Å². The molecule has 0 fully saturated rings. The van der Waals surface area contributed by atoms with E-state index in [1.54, 1.807) is 11.8 Å². The molecule has 1 rings (SSSR count). The van der Waals surface area contributed by atoms with E-state index in [1.807, 2.05) is 14.1 Å². The Kier molecular flexibility index (Phi) is 5.47. The van der Waals surface area contributed by atoms with Crippen LogP contribution in [0, 0.1) is 5.82 Å². The molecule has 0 bridgehead atoms. The van der Waals surface area contributed by atoms with Crippen LogP contribution in [0.1, 0.15) is 17.3 Å². The molecule has 1 amide bonds. The van der Waals surface area contributed by atoms with Crippen LogP contribution in [0.15, 0.2) is 18.2 Å². The summed E-state index contributed by atoms with van der Waals surface area (Å²) in [5, 5.41) is 12.6. The minimum Gasteiger partial charge on any atom is -0.494 e. The standard InChI is InChI=1S/C14H21FN2O3/c1-14(19,9-17(2)3)8-16-13(18)10-6-5-7-11(20-4)12(10)15/h5-7,19H,8-9H2,1-4H3,(H,16,18). The average Bonchev–Trinajstić information content (AvgIpc) is 2.35. The van der Waals surface area contributed by atoms with E-state index in [0.29, 0.717) is 6.54 Å². The monoisotopic (exact) mass is 284 g/mol. The second-order valence-electron chi connectivity index (χ2n) is 5.24. The van der Waals surface area contributed by atoms with E-state index < -0.39 is 17.3 Å². The predicted molar refractivity (Wildman–Crippen MR) is 74.5 cm³/mol. The molecule has 1 unspecified atom stereocenters. The normalized spacial score (nSPS) is 13.9. The minimum absolute atomic E-state index is 0.0118. The maximum absolute atomic E-state index is 13.9. The fraction of sp³-hybridized carbons (Fsp3) is 0.500. The van der Waals surface area contributed by atoms with Crippen molar-refractivity contribution in [1.29, 1.82) is 0 Å². The average molecular weight is 284 g/mol. The van der Waals surface area contributed by atoms with E-state index in [2.05, 4.69) is 5.32 Å². The topological polar surface area (TPSA) is 61.8 Å². The summed E-state index contributed by atoms with van der Waals surface area (Å²) in [5.74, 6) is -1.28. The summed E-state index contributed by atoms with van der Waals surface area (Å²) in [7, 11) is 4.97. The lowest BCUT2D eigenvalue weighted by atomic mass is 10.1. The van der Waals surface area contributed by atoms with Gasteiger partial charge in [-0.3, -0.25) is 4.79 Å². The highest BCUT2D eigenvalue weighted by Crippen LogP contribution is 2.19. The van der Waals surface area contributed by atoms with Gasteiger partial charge in [-0.2, -0.15) is 0 Å². The van der Waals surface area contributed by atoms with Crippen LogP contribution in [0.25, 0.3) is 0 Å². The lowest BCUT2D eigenvalue weighted by Gasteiger charge is -2.27. The quantitative estimate of drug-likeness (QED) is 0.814. The number of carbonyl (C=O) groups excluding carboxylic acids is 1. The van der Waals surface area contributed by atoms with Gasteiger partial charge < -0.3 is 20.1 Å². The number of nitrogens with one attached hydrogen (secondary N) is 1. The number of rotatable bonds is 6. The summed E-state index contributed by atoms with van der Waals surface area (Å²) < 4.78 is 18.7. The molecule has 1 aromatic rings. The van der Waals surface area contributed by atoms with Crippen molar-refractivity contribution in [2.24, 2.45) is 0 Å². The molecule has 0 aromatic heterocycles. The molecule has 0 aliphatic carbocycles. The molecule has 0 spiro atoms. The zero-order valence-electron chi connectivity index (χ0n) is 12.2. The van der Waals surface area contributed by atoms with Crippen molar-refractivity contribution in [2.75, 3.05) is 34.3 Å². The number of amides is 1. The van der Waals surface area contributed by atoms with Crippen molar-refractivity contribution >= 4 is 5.91 Å². The van der Waals surface area contributed by atoms with E-state index in [-0.39, 0.29) is 17.9 Å². The molecule has 1 atom stereocenters. The Balaban J connectivity index is 2.73. The highest BCUT2D eigenvalue weighted by molar-refractivity contribution is 5.94. The van der Waals surface area contributed by atoms with Crippen molar-refractivity contribution < 1.29 is 19.0 Å². The van der Waals surface area contributed by atoms with E-state index in [9.17, 15) is 14.3 Å². The first-order valence-corrected chi connectivity index (χ1v) is 6.24. The van der Waals surface area contributed by atoms with E-state index >= 15 is 0 Å². The Hall–Kier alpha value is -1.66. The van der Waals surface area contributed by atoms with E-state index in [0.717, 1.165) is 0 Å². The van der Waals surface area contributed by atoms with Gasteiger partial charge in [0.05, 0.1) is 18.3 Å². The summed E-state index contributed by atoms with van der Waals surface area (Å²) >= 11 is 0. The second kappa shape index (κ2) is 6.67. The van der Waals surface area contributed by atoms with Crippen LogP contribution in [-0.2, 0) is 0 Å². The number of methoxy groups -OCH3 is 1. The summed E-state index contributed by atoms with van der Waals surface area (Å²) in [6.45, 7) is 2.02. The van der Waals surface area contributed by atoms with Crippen LogP contribution in [0.3, 0.4) is 0 Å². The predicted octanol–water partition coefficient (Wildman–Crippen LogP) is 0.877. The minimum atomic E-state index is -1.09. The van der Waals surface area contributed by atoms with Crippen molar-refractivity contribution in [3.05, 3.63) is 29.6 Å². The second-order valence-corrected chi connectivity index (χ2v) is 5.24. The summed E-state index contributed by atoms with van der Waals surface area (Å²) in [5.41, 5.74) is -1.20. The van der Waals surface area contributed by atoms with Gasteiger partial charge in [0.15, 0.2) is 11.6 Å². The summed E-state index contributed by atoms with van der Waals surface area (Å²) in [6.07, 6.45) is 0. The molecule has 1 aromatic carbocycles. The van der Waals surface area contributed by atoms with Gasteiger partial charge in [-0.1, -0.05) is 6.07 Å². The van der Waals surface area contributed by atoms with Crippen LogP contribution >= 0.6 is 0 Å². The lowest BCUT2D eigenvalue weighted by Crippen LogP contribution is -2.47. The van der Waals surface area contributed by atoms with Crippen molar-refractivity contribution in [3.63, 3.8) is 0 Å². The van der Waals surface area contributed by atoms with Gasteiger partial charge in [0.25, 0.3) is 5.91 Å². The Morgan fingerprint density at radius 3 is 2.70 bits per heavy atom. The first kappa shape index (κ1) is 16.4. The fourth-order valence-corrected chi connectivity index (χ4v) is 1.95. The maximum atomic E-state index is 13.9. The molecule has 0 radical (unpaired) electrons. The first-order chi connectivity index (χ1) is 9.26. The number of likely N-dealkylation sites (N-methyl/N-ethyl adjacent to an activating group) is 1. The van der Waals surface area contributed by atoms with Crippen LogP contribution in [0.4, 0.5) is 4.39 Å². The SMILES string of the molecule is COc1cccc(C(=O)NCC(C)(O)CN(C)C)c1F. The van der Waals surface area contributed by atoms with Crippen LogP contribution in [-0.4, -0.2) is 55.8 Å². The van der Waals surface area contributed by atoms with Crippen molar-refractivity contribution in [2.45, 2.75) is 12.5 Å². The highest BCUT2D eigenvalue weighted by Gasteiger charge is 2.23. The molecule has 0 heterocycles. The number of benzene rings is 1. The Morgan fingerprint density at radius 2 is 2.15 bits per heavy atom. The molecule has 6 heteroatoms. The molecule has 0 aliphatic rings. The Morgan fingerprint density at radius 1 is 1.50 bits per heavy atom. The molecular formula is C14H21FN2O3. The van der Waals surface area contributed by atoms with Gasteiger partial charge in [-0.15, -0.1) is 0 Å². The molecule has 0 saturated carbocycles. The van der Waals surface area contributed by atoms with Gasteiger partial charge in [-0.05, 0) is 33.2 Å². The number of aliphatic hydroxyl groups is 1. The molecule has 112 valence electrons. The number of hydrogen-bond acceptors (Lipinski definition) is 4. The van der Waals surface area contributed by atoms with Crippen LogP contribution < -0.4 is 10.1 Å². The van der Waals surface area contributed by atoms with E-state index in [1.165, 1.54) is 25.3 Å². The number of hydrogen-bond donors (Lipinski definition) is 2. The maximum Gasteiger partial charge on any atom is 0.254 e. The van der Waals surface area contributed by atoms with Crippen LogP contribution in [0.2, 0.25) is 0 Å². The molecular weight excluding hydrogens is 263 g/mol. The van der Waals surface area contributed by atoms with Gasteiger partial charge in [0.1, 0.15) is 0 Å². The van der Waals surface area contributed by atoms with Gasteiger partial charge in [-0.25, -0.2) is 4.39 Å². The third kappa shape index (κ3) is 4.47. The van der Waals surface area contributed by atoms with Gasteiger partial charge in [0, 0.05) is 13.1 Å². The number of ether oxygens (including phenoxy) is 1. The summed E-state index contributed by atoms with van der Waals surface area (Å²) in [4.78, 5) is 13.7. The zero-order valence-corrected chi connectivity index (χ0v) is 12.2. The Bertz CT molecular complexity index is 475. The Labute approximate surface area is 118 Å². The molecule has 20 heavy (non-hydrogen) atoms. The number of halogens is 1. The van der Waals surface area contributed by atoms with Gasteiger partial charge in [0.2, 0.25) is 0 Å². The number of nitrogens with zero attached hydrogens (tertiary/aromatic N) is 1.